The van der Waals surface area contributed by atoms with Crippen LogP contribution in [0.2, 0.25) is 0 Å². The lowest BCUT2D eigenvalue weighted by Crippen LogP contribution is -2.12. The number of anilines is 1. The number of allylic oxidation sites excluding steroid dienone is 1. The van der Waals surface area contributed by atoms with Gasteiger partial charge in [0, 0.05) is 24.7 Å². The SMILES string of the molecule is C=C1Cc2ccc(F)c(C3CO3)c2N1C. The van der Waals surface area contributed by atoms with Crippen LogP contribution in [-0.4, -0.2) is 13.7 Å². The Labute approximate surface area is 88.0 Å². The van der Waals surface area contributed by atoms with Gasteiger partial charge in [-0.2, -0.15) is 0 Å². The molecule has 0 spiro atoms. The zero-order valence-corrected chi connectivity index (χ0v) is 8.59. The molecule has 0 N–H and O–H groups in total. The summed E-state index contributed by atoms with van der Waals surface area (Å²) in [6.07, 6.45) is 0.763. The van der Waals surface area contributed by atoms with Gasteiger partial charge in [-0.15, -0.1) is 0 Å². The molecule has 1 aromatic carbocycles. The van der Waals surface area contributed by atoms with Crippen LogP contribution in [0.15, 0.2) is 24.4 Å². The highest BCUT2D eigenvalue weighted by atomic mass is 19.1. The predicted molar refractivity (Wildman–Crippen MR) is 56.3 cm³/mol. The van der Waals surface area contributed by atoms with Gasteiger partial charge in [0.2, 0.25) is 0 Å². The molecule has 0 bridgehead atoms. The van der Waals surface area contributed by atoms with Crippen molar-refractivity contribution in [2.75, 3.05) is 18.6 Å². The first-order valence-electron chi connectivity index (χ1n) is 5.03. The normalized spacial score (nSPS) is 23.2. The standard InChI is InChI=1S/C12H12FNO/c1-7-5-8-3-4-9(13)11(10-6-15-10)12(8)14(7)2/h3-4,10H,1,5-6H2,2H3. The van der Waals surface area contributed by atoms with Crippen molar-refractivity contribution < 1.29 is 9.13 Å². The van der Waals surface area contributed by atoms with Gasteiger partial charge in [0.05, 0.1) is 12.3 Å². The minimum absolute atomic E-state index is 0.0479. The summed E-state index contributed by atoms with van der Waals surface area (Å²) >= 11 is 0. The maximum absolute atomic E-state index is 13.7. The smallest absolute Gasteiger partial charge is 0.131 e. The van der Waals surface area contributed by atoms with Crippen LogP contribution in [0.1, 0.15) is 17.2 Å². The molecule has 1 fully saturated rings. The molecule has 1 unspecified atom stereocenters. The molecular formula is C12H12FNO. The summed E-state index contributed by atoms with van der Waals surface area (Å²) in [5.74, 6) is -0.169. The molecule has 1 saturated heterocycles. The van der Waals surface area contributed by atoms with Gasteiger partial charge in [0.15, 0.2) is 0 Å². The molecule has 1 aromatic rings. The van der Waals surface area contributed by atoms with E-state index in [1.807, 2.05) is 18.0 Å². The van der Waals surface area contributed by atoms with E-state index in [1.165, 1.54) is 6.07 Å². The van der Waals surface area contributed by atoms with E-state index in [2.05, 4.69) is 6.58 Å². The predicted octanol–water partition coefficient (Wildman–Crippen LogP) is 2.40. The Balaban J connectivity index is 2.21. The number of ether oxygens (including phenoxy) is 1. The van der Waals surface area contributed by atoms with Crippen LogP contribution in [0.3, 0.4) is 0 Å². The fourth-order valence-corrected chi connectivity index (χ4v) is 2.18. The minimum atomic E-state index is -0.169. The van der Waals surface area contributed by atoms with E-state index in [4.69, 9.17) is 4.74 Å². The zero-order chi connectivity index (χ0) is 10.6. The van der Waals surface area contributed by atoms with Crippen molar-refractivity contribution in [2.45, 2.75) is 12.5 Å². The molecule has 2 nitrogen and oxygen atoms in total. The first kappa shape index (κ1) is 8.92. The van der Waals surface area contributed by atoms with Crippen LogP contribution in [0.4, 0.5) is 10.1 Å². The summed E-state index contributed by atoms with van der Waals surface area (Å²) in [5.41, 5.74) is 3.82. The maximum atomic E-state index is 13.7. The van der Waals surface area contributed by atoms with Crippen molar-refractivity contribution in [2.24, 2.45) is 0 Å². The first-order valence-corrected chi connectivity index (χ1v) is 5.03. The molecule has 2 aliphatic rings. The number of nitrogens with zero attached hydrogens (tertiary/aromatic N) is 1. The summed E-state index contributed by atoms with van der Waals surface area (Å²) in [6.45, 7) is 4.60. The number of hydrogen-bond donors (Lipinski definition) is 0. The number of rotatable bonds is 1. The van der Waals surface area contributed by atoms with Crippen molar-refractivity contribution in [1.29, 1.82) is 0 Å². The summed E-state index contributed by atoms with van der Waals surface area (Å²) in [4.78, 5) is 1.97. The molecule has 3 rings (SSSR count). The van der Waals surface area contributed by atoms with E-state index >= 15 is 0 Å². The monoisotopic (exact) mass is 205 g/mol. The van der Waals surface area contributed by atoms with Gasteiger partial charge in [0.1, 0.15) is 11.9 Å². The zero-order valence-electron chi connectivity index (χ0n) is 8.59. The molecule has 0 aromatic heterocycles. The van der Waals surface area contributed by atoms with Crippen molar-refractivity contribution in [3.63, 3.8) is 0 Å². The third-order valence-electron chi connectivity index (χ3n) is 3.11. The fourth-order valence-electron chi connectivity index (χ4n) is 2.18. The molecule has 0 radical (unpaired) electrons. The van der Waals surface area contributed by atoms with E-state index in [-0.39, 0.29) is 11.9 Å². The maximum Gasteiger partial charge on any atom is 0.131 e. The van der Waals surface area contributed by atoms with Gasteiger partial charge in [-0.25, -0.2) is 4.39 Å². The topological polar surface area (TPSA) is 15.8 Å². The Hall–Kier alpha value is -1.35. The van der Waals surface area contributed by atoms with Gasteiger partial charge in [-0.05, 0) is 11.6 Å². The molecule has 2 heterocycles. The van der Waals surface area contributed by atoms with Crippen molar-refractivity contribution in [3.05, 3.63) is 41.4 Å². The van der Waals surface area contributed by atoms with Crippen molar-refractivity contribution in [3.8, 4) is 0 Å². The molecule has 0 saturated carbocycles. The lowest BCUT2D eigenvalue weighted by Gasteiger charge is -2.17. The number of benzene rings is 1. The molecule has 78 valence electrons. The molecule has 3 heteroatoms. The van der Waals surface area contributed by atoms with Gasteiger partial charge < -0.3 is 9.64 Å². The van der Waals surface area contributed by atoms with Crippen LogP contribution >= 0.6 is 0 Å². The third-order valence-corrected chi connectivity index (χ3v) is 3.11. The largest absolute Gasteiger partial charge is 0.368 e. The number of hydrogen-bond acceptors (Lipinski definition) is 2. The second kappa shape index (κ2) is 2.83. The fraction of sp³-hybridized carbons (Fsp3) is 0.333. The van der Waals surface area contributed by atoms with Crippen molar-refractivity contribution in [1.82, 2.24) is 0 Å². The van der Waals surface area contributed by atoms with E-state index < -0.39 is 0 Å². The minimum Gasteiger partial charge on any atom is -0.368 e. The highest BCUT2D eigenvalue weighted by Crippen LogP contribution is 2.44. The van der Waals surface area contributed by atoms with E-state index in [0.29, 0.717) is 12.2 Å². The van der Waals surface area contributed by atoms with Crippen LogP contribution in [0.5, 0.6) is 0 Å². The van der Waals surface area contributed by atoms with Crippen LogP contribution in [0.25, 0.3) is 0 Å². The van der Waals surface area contributed by atoms with Gasteiger partial charge in [-0.3, -0.25) is 0 Å². The molecule has 0 aliphatic carbocycles. The van der Waals surface area contributed by atoms with E-state index in [0.717, 1.165) is 23.4 Å². The van der Waals surface area contributed by atoms with Gasteiger partial charge in [-0.1, -0.05) is 12.6 Å². The molecule has 15 heavy (non-hydrogen) atoms. The van der Waals surface area contributed by atoms with E-state index in [1.54, 1.807) is 0 Å². The second-order valence-corrected chi connectivity index (χ2v) is 4.09. The number of likely N-dealkylation sites (N-methyl/N-ethyl adjacent to an activating group) is 1. The van der Waals surface area contributed by atoms with Gasteiger partial charge >= 0.3 is 0 Å². The van der Waals surface area contributed by atoms with Crippen LogP contribution in [0, 0.1) is 5.82 Å². The second-order valence-electron chi connectivity index (χ2n) is 4.09. The molecule has 1 atom stereocenters. The lowest BCUT2D eigenvalue weighted by molar-refractivity contribution is 0.408. The third kappa shape index (κ3) is 1.20. The Kier molecular flexibility index (Phi) is 1.68. The average molecular weight is 205 g/mol. The lowest BCUT2D eigenvalue weighted by atomic mass is 10.0. The van der Waals surface area contributed by atoms with Crippen LogP contribution < -0.4 is 4.90 Å². The van der Waals surface area contributed by atoms with E-state index in [9.17, 15) is 4.39 Å². The summed E-state index contributed by atoms with van der Waals surface area (Å²) in [6, 6.07) is 3.37. The Morgan fingerprint density at radius 3 is 2.93 bits per heavy atom. The summed E-state index contributed by atoms with van der Waals surface area (Å²) < 4.78 is 18.9. The van der Waals surface area contributed by atoms with Crippen LogP contribution in [-0.2, 0) is 11.2 Å². The number of fused-ring (bicyclic) bond motifs is 1. The number of halogens is 1. The van der Waals surface area contributed by atoms with Gasteiger partial charge in [0.25, 0.3) is 0 Å². The Morgan fingerprint density at radius 1 is 1.53 bits per heavy atom. The molecule has 0 amide bonds. The Morgan fingerprint density at radius 2 is 2.27 bits per heavy atom. The summed E-state index contributed by atoms with van der Waals surface area (Å²) in [5, 5.41) is 0. The number of epoxide rings is 1. The summed E-state index contributed by atoms with van der Waals surface area (Å²) in [7, 11) is 1.93. The Bertz CT molecular complexity index is 451. The molecule has 2 aliphatic heterocycles. The first-order chi connectivity index (χ1) is 7.18. The average Bonchev–Trinajstić information content (AvgIpc) is 2.98. The van der Waals surface area contributed by atoms with Crippen molar-refractivity contribution >= 4 is 5.69 Å². The highest BCUT2D eigenvalue weighted by molar-refractivity contribution is 5.69. The quantitative estimate of drug-likeness (QED) is 0.654. The molecular weight excluding hydrogens is 193 g/mol. The highest BCUT2D eigenvalue weighted by Gasteiger charge is 2.35.